The van der Waals surface area contributed by atoms with Gasteiger partial charge in [0.05, 0.1) is 11.4 Å². The summed E-state index contributed by atoms with van der Waals surface area (Å²) in [4.78, 5) is 37.2. The van der Waals surface area contributed by atoms with Gasteiger partial charge in [0.1, 0.15) is 12.2 Å². The van der Waals surface area contributed by atoms with Gasteiger partial charge in [-0.25, -0.2) is 4.68 Å². The van der Waals surface area contributed by atoms with Gasteiger partial charge in [0.15, 0.2) is 0 Å². The fourth-order valence-electron chi connectivity index (χ4n) is 2.83. The minimum Gasteiger partial charge on any atom is -0.318 e. The van der Waals surface area contributed by atoms with Crippen LogP contribution in [0.4, 0.5) is 5.69 Å². The molecule has 26 heavy (non-hydrogen) atoms. The van der Waals surface area contributed by atoms with Crippen molar-refractivity contribution in [3.8, 4) is 5.69 Å². The van der Waals surface area contributed by atoms with E-state index < -0.39 is 5.91 Å². The number of nitrogens with one attached hydrogen (secondary N) is 1. The molecule has 0 atom stereocenters. The van der Waals surface area contributed by atoms with E-state index >= 15 is 0 Å². The van der Waals surface area contributed by atoms with E-state index in [1.807, 2.05) is 30.3 Å². The van der Waals surface area contributed by atoms with E-state index in [1.165, 1.54) is 9.25 Å². The second kappa shape index (κ2) is 6.87. The van der Waals surface area contributed by atoms with Crippen molar-refractivity contribution in [2.24, 2.45) is 7.05 Å². The van der Waals surface area contributed by atoms with E-state index in [0.717, 1.165) is 0 Å². The maximum absolute atomic E-state index is 12.8. The normalized spacial score (nSPS) is 10.7. The van der Waals surface area contributed by atoms with Crippen LogP contribution in [0.3, 0.4) is 0 Å². The molecular formula is C19H20N4O3. The topological polar surface area (TPSA) is 78.0 Å². The molecule has 0 radical (unpaired) electrons. The largest absolute Gasteiger partial charge is 0.318 e. The molecule has 0 aliphatic carbocycles. The Labute approximate surface area is 150 Å². The zero-order valence-corrected chi connectivity index (χ0v) is 14.9. The maximum atomic E-state index is 12.8. The van der Waals surface area contributed by atoms with Crippen molar-refractivity contribution in [3.05, 3.63) is 80.6 Å². The lowest BCUT2D eigenvalue weighted by atomic mass is 10.3. The summed E-state index contributed by atoms with van der Waals surface area (Å²) in [5, 5.41) is 2.65. The molecule has 7 nitrogen and oxygen atoms in total. The third kappa shape index (κ3) is 3.11. The lowest BCUT2D eigenvalue weighted by molar-refractivity contribution is -0.116. The van der Waals surface area contributed by atoms with E-state index in [1.54, 1.807) is 43.9 Å². The highest BCUT2D eigenvalue weighted by Crippen LogP contribution is 2.13. The number of carbonyl (C=O) groups excluding carboxylic acids is 1. The van der Waals surface area contributed by atoms with Crippen molar-refractivity contribution in [2.75, 3.05) is 5.32 Å². The van der Waals surface area contributed by atoms with Crippen molar-refractivity contribution < 1.29 is 4.79 Å². The van der Waals surface area contributed by atoms with Crippen LogP contribution in [0.15, 0.2) is 58.3 Å². The number of aromatic nitrogens is 3. The number of anilines is 1. The number of amides is 1. The molecule has 0 bridgehead atoms. The minimum atomic E-state index is -0.427. The average Bonchev–Trinajstić information content (AvgIpc) is 2.83. The Morgan fingerprint density at radius 2 is 1.69 bits per heavy atom. The van der Waals surface area contributed by atoms with E-state index in [2.05, 4.69) is 5.32 Å². The Morgan fingerprint density at radius 3 is 2.38 bits per heavy atom. The standard InChI is InChI=1S/C19H20N4O3/c1-13-8-7-11-22(18(13)25)12-16(24)20-17-14(2)21(3)23(19(17)26)15-9-5-4-6-10-15/h4-11H,12H2,1-3H3,(H,20,24). The van der Waals surface area contributed by atoms with Gasteiger partial charge in [0.25, 0.3) is 11.1 Å². The van der Waals surface area contributed by atoms with Crippen LogP contribution >= 0.6 is 0 Å². The molecule has 2 heterocycles. The lowest BCUT2D eigenvalue weighted by Crippen LogP contribution is -2.30. The van der Waals surface area contributed by atoms with Crippen molar-refractivity contribution in [1.82, 2.24) is 13.9 Å². The molecule has 7 heteroatoms. The molecule has 0 saturated carbocycles. The smallest absolute Gasteiger partial charge is 0.295 e. The van der Waals surface area contributed by atoms with Crippen molar-refractivity contribution in [3.63, 3.8) is 0 Å². The second-order valence-electron chi connectivity index (χ2n) is 6.11. The first-order valence-electron chi connectivity index (χ1n) is 8.20. The van der Waals surface area contributed by atoms with Crippen molar-refractivity contribution in [2.45, 2.75) is 20.4 Å². The molecule has 0 aliphatic rings. The Balaban J connectivity index is 1.91. The summed E-state index contributed by atoms with van der Waals surface area (Å²) >= 11 is 0. The highest BCUT2D eigenvalue weighted by atomic mass is 16.2. The van der Waals surface area contributed by atoms with E-state index in [-0.39, 0.29) is 23.4 Å². The Hall–Kier alpha value is -3.35. The third-order valence-electron chi connectivity index (χ3n) is 4.34. The van der Waals surface area contributed by atoms with Gasteiger partial charge in [0.2, 0.25) is 5.91 Å². The van der Waals surface area contributed by atoms with Crippen LogP contribution in [0.2, 0.25) is 0 Å². The number of pyridine rings is 1. The number of nitrogens with zero attached hydrogens (tertiary/aromatic N) is 3. The van der Waals surface area contributed by atoms with Gasteiger partial charge in [-0.15, -0.1) is 0 Å². The van der Waals surface area contributed by atoms with Gasteiger partial charge >= 0.3 is 0 Å². The second-order valence-corrected chi connectivity index (χ2v) is 6.11. The lowest BCUT2D eigenvalue weighted by Gasteiger charge is -2.07. The molecule has 3 aromatic rings. The first-order valence-corrected chi connectivity index (χ1v) is 8.20. The van der Waals surface area contributed by atoms with Gasteiger partial charge < -0.3 is 9.88 Å². The summed E-state index contributed by atoms with van der Waals surface area (Å²) in [6, 6.07) is 12.6. The Kier molecular flexibility index (Phi) is 4.62. The first kappa shape index (κ1) is 17.5. The van der Waals surface area contributed by atoms with E-state index in [4.69, 9.17) is 0 Å². The molecular weight excluding hydrogens is 332 g/mol. The maximum Gasteiger partial charge on any atom is 0.295 e. The third-order valence-corrected chi connectivity index (χ3v) is 4.34. The van der Waals surface area contributed by atoms with Crippen LogP contribution in [-0.4, -0.2) is 19.8 Å². The molecule has 0 fully saturated rings. The molecule has 1 amide bonds. The fraction of sp³-hybridized carbons (Fsp3) is 0.211. The predicted octanol–water partition coefficient (Wildman–Crippen LogP) is 1.59. The van der Waals surface area contributed by atoms with E-state index in [9.17, 15) is 14.4 Å². The SMILES string of the molecule is Cc1cccn(CC(=O)Nc2c(C)n(C)n(-c3ccccc3)c2=O)c1=O. The highest BCUT2D eigenvalue weighted by Gasteiger charge is 2.18. The Bertz CT molecular complexity index is 1070. The summed E-state index contributed by atoms with van der Waals surface area (Å²) < 4.78 is 4.49. The number of aryl methyl sites for hydroxylation is 1. The molecule has 2 aromatic heterocycles. The van der Waals surface area contributed by atoms with Crippen LogP contribution in [0.5, 0.6) is 0 Å². The zero-order chi connectivity index (χ0) is 18.8. The Morgan fingerprint density at radius 1 is 1.00 bits per heavy atom. The fourth-order valence-corrected chi connectivity index (χ4v) is 2.83. The molecule has 134 valence electrons. The van der Waals surface area contributed by atoms with Crippen LogP contribution in [0, 0.1) is 13.8 Å². The van der Waals surface area contributed by atoms with Crippen LogP contribution in [-0.2, 0) is 18.4 Å². The van der Waals surface area contributed by atoms with Gasteiger partial charge in [-0.1, -0.05) is 24.3 Å². The number of rotatable bonds is 4. The molecule has 0 aliphatic heterocycles. The molecule has 1 aromatic carbocycles. The van der Waals surface area contributed by atoms with Crippen LogP contribution in [0.25, 0.3) is 5.69 Å². The highest BCUT2D eigenvalue weighted by molar-refractivity contribution is 5.91. The first-order chi connectivity index (χ1) is 12.4. The number of hydrogen-bond donors (Lipinski definition) is 1. The minimum absolute atomic E-state index is 0.153. The van der Waals surface area contributed by atoms with E-state index in [0.29, 0.717) is 16.9 Å². The molecule has 0 unspecified atom stereocenters. The molecule has 1 N–H and O–H groups in total. The summed E-state index contributed by atoms with van der Waals surface area (Å²) in [5.74, 6) is -0.427. The summed E-state index contributed by atoms with van der Waals surface area (Å²) in [5.41, 5.74) is 1.56. The number of carbonyl (C=O) groups is 1. The summed E-state index contributed by atoms with van der Waals surface area (Å²) in [7, 11) is 1.75. The quantitative estimate of drug-likeness (QED) is 0.775. The van der Waals surface area contributed by atoms with Gasteiger partial charge in [0, 0.05) is 18.8 Å². The van der Waals surface area contributed by atoms with Crippen LogP contribution in [0.1, 0.15) is 11.3 Å². The number of hydrogen-bond acceptors (Lipinski definition) is 3. The number of benzene rings is 1. The van der Waals surface area contributed by atoms with Crippen molar-refractivity contribution in [1.29, 1.82) is 0 Å². The summed E-state index contributed by atoms with van der Waals surface area (Å²) in [6.45, 7) is 3.30. The molecule has 0 spiro atoms. The van der Waals surface area contributed by atoms with Gasteiger partial charge in [-0.2, -0.15) is 0 Å². The number of para-hydroxylation sites is 1. The van der Waals surface area contributed by atoms with Crippen molar-refractivity contribution >= 4 is 11.6 Å². The summed E-state index contributed by atoms with van der Waals surface area (Å²) in [6.07, 6.45) is 1.55. The molecule has 3 rings (SSSR count). The average molecular weight is 352 g/mol. The van der Waals surface area contributed by atoms with Gasteiger partial charge in [-0.3, -0.25) is 19.1 Å². The monoisotopic (exact) mass is 352 g/mol. The molecule has 0 saturated heterocycles. The predicted molar refractivity (Wildman–Crippen MR) is 99.8 cm³/mol. The van der Waals surface area contributed by atoms with Crippen LogP contribution < -0.4 is 16.4 Å². The van der Waals surface area contributed by atoms with Gasteiger partial charge in [-0.05, 0) is 32.0 Å². The zero-order valence-electron chi connectivity index (χ0n) is 14.9.